The van der Waals surface area contributed by atoms with Crippen molar-refractivity contribution < 1.29 is 8.42 Å². The lowest BCUT2D eigenvalue weighted by molar-refractivity contribution is 0.587. The number of benzene rings is 1. The number of rotatable bonds is 4. The summed E-state index contributed by atoms with van der Waals surface area (Å²) in [5.41, 5.74) is 1.65. The molecule has 1 aromatic carbocycles. The molecule has 2 rings (SSSR count). The molecule has 6 heteroatoms. The Kier molecular flexibility index (Phi) is 4.76. The smallest absolute Gasteiger partial charge is 0.240 e. The fourth-order valence-electron chi connectivity index (χ4n) is 2.17. The molecule has 1 aromatic rings. The molecular weight excluding hydrogens is 280 g/mol. The highest BCUT2D eigenvalue weighted by atomic mass is 32.2. The van der Waals surface area contributed by atoms with Crippen LogP contribution in [-0.2, 0) is 10.0 Å². The molecule has 2 N–H and O–H groups in total. The number of aryl methyl sites for hydroxylation is 1. The molecule has 0 bridgehead atoms. The Morgan fingerprint density at radius 1 is 1.26 bits per heavy atom. The molecule has 4 nitrogen and oxygen atoms in total. The van der Waals surface area contributed by atoms with Crippen LogP contribution < -0.4 is 10.0 Å². The third-order valence-electron chi connectivity index (χ3n) is 3.34. The van der Waals surface area contributed by atoms with E-state index in [4.69, 9.17) is 0 Å². The number of hydrogen-bond acceptors (Lipinski definition) is 4. The van der Waals surface area contributed by atoms with Crippen LogP contribution in [0.4, 0.5) is 5.69 Å². The van der Waals surface area contributed by atoms with Crippen molar-refractivity contribution >= 4 is 27.5 Å². The van der Waals surface area contributed by atoms with E-state index in [1.807, 2.05) is 30.8 Å². The first-order valence-electron chi connectivity index (χ1n) is 6.41. The van der Waals surface area contributed by atoms with Gasteiger partial charge < -0.3 is 5.32 Å². The van der Waals surface area contributed by atoms with Crippen molar-refractivity contribution in [2.75, 3.05) is 23.9 Å². The first-order valence-corrected chi connectivity index (χ1v) is 9.05. The Hall–Kier alpha value is -0.720. The van der Waals surface area contributed by atoms with E-state index in [2.05, 4.69) is 10.0 Å². The van der Waals surface area contributed by atoms with Gasteiger partial charge in [-0.15, -0.1) is 0 Å². The van der Waals surface area contributed by atoms with Gasteiger partial charge in [0.25, 0.3) is 0 Å². The monoisotopic (exact) mass is 300 g/mol. The van der Waals surface area contributed by atoms with Gasteiger partial charge in [-0.05, 0) is 56.0 Å². The lowest BCUT2D eigenvalue weighted by Gasteiger charge is -2.24. The third kappa shape index (κ3) is 3.64. The molecule has 1 fully saturated rings. The quantitative estimate of drug-likeness (QED) is 0.895. The summed E-state index contributed by atoms with van der Waals surface area (Å²) in [6.07, 6.45) is 2.26. The van der Waals surface area contributed by atoms with Crippen molar-refractivity contribution in [3.8, 4) is 0 Å². The van der Waals surface area contributed by atoms with Crippen LogP contribution in [0.15, 0.2) is 23.1 Å². The fraction of sp³-hybridized carbons (Fsp3) is 0.538. The molecule has 1 aliphatic rings. The second-order valence-corrected chi connectivity index (χ2v) is 7.80. The first-order chi connectivity index (χ1) is 9.03. The van der Waals surface area contributed by atoms with Gasteiger partial charge in [0, 0.05) is 11.7 Å². The molecule has 0 saturated carbocycles. The summed E-state index contributed by atoms with van der Waals surface area (Å²) in [7, 11) is -1.95. The molecule has 0 amide bonds. The lowest BCUT2D eigenvalue weighted by atomic mass is 10.1. The van der Waals surface area contributed by atoms with Crippen LogP contribution in [-0.4, -0.2) is 33.0 Å². The van der Waals surface area contributed by atoms with E-state index in [-0.39, 0.29) is 0 Å². The van der Waals surface area contributed by atoms with Gasteiger partial charge in [0.05, 0.1) is 4.90 Å². The van der Waals surface area contributed by atoms with Crippen LogP contribution in [0.5, 0.6) is 0 Å². The minimum Gasteiger partial charge on any atom is -0.382 e. The van der Waals surface area contributed by atoms with E-state index in [1.54, 1.807) is 6.07 Å². The van der Waals surface area contributed by atoms with Gasteiger partial charge in [-0.3, -0.25) is 0 Å². The largest absolute Gasteiger partial charge is 0.382 e. The summed E-state index contributed by atoms with van der Waals surface area (Å²) in [5.74, 6) is 2.34. The average molecular weight is 300 g/mol. The molecule has 0 unspecified atom stereocenters. The molecule has 19 heavy (non-hydrogen) atoms. The topological polar surface area (TPSA) is 58.2 Å². The van der Waals surface area contributed by atoms with Crippen LogP contribution >= 0.6 is 11.8 Å². The second-order valence-electron chi connectivity index (χ2n) is 4.72. The highest BCUT2D eigenvalue weighted by molar-refractivity contribution is 7.99. The van der Waals surface area contributed by atoms with Gasteiger partial charge in [-0.1, -0.05) is 6.07 Å². The number of sulfonamides is 1. The van der Waals surface area contributed by atoms with E-state index in [1.165, 1.54) is 18.6 Å². The van der Waals surface area contributed by atoms with Crippen molar-refractivity contribution in [2.45, 2.75) is 30.7 Å². The molecule has 0 radical (unpaired) electrons. The fourth-order valence-corrected chi connectivity index (χ4v) is 4.27. The Bertz CT molecular complexity index is 538. The van der Waals surface area contributed by atoms with Gasteiger partial charge >= 0.3 is 0 Å². The predicted molar refractivity (Wildman–Crippen MR) is 81.4 cm³/mol. The molecule has 0 atom stereocenters. The Morgan fingerprint density at radius 3 is 2.58 bits per heavy atom. The molecule has 106 valence electrons. The van der Waals surface area contributed by atoms with E-state index >= 15 is 0 Å². The standard InChI is InChI=1S/C13H20N2O2S2/c1-10-3-4-12(9-13(10)19(16,17)14-2)15-11-5-7-18-8-6-11/h3-4,9,11,14-15H,5-8H2,1-2H3. The van der Waals surface area contributed by atoms with Crippen LogP contribution in [0.3, 0.4) is 0 Å². The summed E-state index contributed by atoms with van der Waals surface area (Å²) in [4.78, 5) is 0.352. The number of nitrogens with one attached hydrogen (secondary N) is 2. The van der Waals surface area contributed by atoms with E-state index < -0.39 is 10.0 Å². The summed E-state index contributed by atoms with van der Waals surface area (Å²) < 4.78 is 26.2. The van der Waals surface area contributed by atoms with Crippen molar-refractivity contribution in [1.29, 1.82) is 0 Å². The molecule has 1 saturated heterocycles. The third-order valence-corrected chi connectivity index (χ3v) is 5.94. The van der Waals surface area contributed by atoms with E-state index in [9.17, 15) is 8.42 Å². The summed E-state index contributed by atoms with van der Waals surface area (Å²) >= 11 is 1.98. The van der Waals surface area contributed by atoms with Crippen molar-refractivity contribution in [1.82, 2.24) is 4.72 Å². The van der Waals surface area contributed by atoms with Crippen LogP contribution in [0, 0.1) is 6.92 Å². The van der Waals surface area contributed by atoms with Gasteiger partial charge in [-0.25, -0.2) is 13.1 Å². The maximum atomic E-state index is 11.9. The van der Waals surface area contributed by atoms with Crippen molar-refractivity contribution in [3.05, 3.63) is 23.8 Å². The summed E-state index contributed by atoms with van der Waals surface area (Å²) in [6.45, 7) is 1.81. The zero-order valence-corrected chi connectivity index (χ0v) is 12.9. The molecule has 0 aromatic heterocycles. The predicted octanol–water partition coefficient (Wildman–Crippen LogP) is 2.21. The highest BCUT2D eigenvalue weighted by Gasteiger charge is 2.17. The van der Waals surface area contributed by atoms with E-state index in [0.717, 1.165) is 24.1 Å². The van der Waals surface area contributed by atoms with Gasteiger partial charge in [0.1, 0.15) is 0 Å². The van der Waals surface area contributed by atoms with Gasteiger partial charge in [-0.2, -0.15) is 11.8 Å². The first kappa shape index (κ1) is 14.7. The minimum absolute atomic E-state index is 0.352. The Labute approximate surface area is 119 Å². The molecular formula is C13H20N2O2S2. The lowest BCUT2D eigenvalue weighted by Crippen LogP contribution is -2.25. The second kappa shape index (κ2) is 6.15. The summed E-state index contributed by atoms with van der Waals surface area (Å²) in [6, 6.07) is 5.98. The Morgan fingerprint density at radius 2 is 1.95 bits per heavy atom. The normalized spacial score (nSPS) is 17.4. The van der Waals surface area contributed by atoms with Crippen molar-refractivity contribution in [3.63, 3.8) is 0 Å². The zero-order chi connectivity index (χ0) is 13.9. The van der Waals surface area contributed by atoms with Gasteiger partial charge in [0.2, 0.25) is 10.0 Å². The van der Waals surface area contributed by atoms with Crippen LogP contribution in [0.2, 0.25) is 0 Å². The minimum atomic E-state index is -3.39. The summed E-state index contributed by atoms with van der Waals surface area (Å²) in [5, 5.41) is 3.44. The maximum Gasteiger partial charge on any atom is 0.240 e. The molecule has 0 spiro atoms. The zero-order valence-electron chi connectivity index (χ0n) is 11.3. The highest BCUT2D eigenvalue weighted by Crippen LogP contribution is 2.24. The van der Waals surface area contributed by atoms with Gasteiger partial charge in [0.15, 0.2) is 0 Å². The number of thioether (sulfide) groups is 1. The molecule has 0 aliphatic carbocycles. The number of hydrogen-bond donors (Lipinski definition) is 2. The average Bonchev–Trinajstić information content (AvgIpc) is 2.42. The van der Waals surface area contributed by atoms with Crippen molar-refractivity contribution in [2.24, 2.45) is 0 Å². The molecule has 1 heterocycles. The SMILES string of the molecule is CNS(=O)(=O)c1cc(NC2CCSCC2)ccc1C. The Balaban J connectivity index is 2.21. The maximum absolute atomic E-state index is 11.9. The number of anilines is 1. The van der Waals surface area contributed by atoms with Crippen LogP contribution in [0.25, 0.3) is 0 Å². The van der Waals surface area contributed by atoms with E-state index in [0.29, 0.717) is 10.9 Å². The van der Waals surface area contributed by atoms with Crippen LogP contribution in [0.1, 0.15) is 18.4 Å². The molecule has 1 aliphatic heterocycles.